The van der Waals surface area contributed by atoms with Gasteiger partial charge in [-0.25, -0.2) is 9.59 Å². The fourth-order valence-corrected chi connectivity index (χ4v) is 7.97. The molecule has 0 spiro atoms. The topological polar surface area (TPSA) is 160 Å². The van der Waals surface area contributed by atoms with Crippen molar-refractivity contribution in [3.63, 3.8) is 0 Å². The van der Waals surface area contributed by atoms with Crippen molar-refractivity contribution in [2.75, 3.05) is 20.2 Å². The van der Waals surface area contributed by atoms with Crippen LogP contribution in [-0.4, -0.2) is 83.6 Å². The summed E-state index contributed by atoms with van der Waals surface area (Å²) in [4.78, 5) is 70.4. The Kier molecular flexibility index (Phi) is 14.7. The lowest BCUT2D eigenvalue weighted by atomic mass is 9.95. The standard InChI is InChI=1S/C46H59N5O7/c1-30(2)28-33(48-44(55)58-46(3,4)5)25-24-32(29-31-16-8-7-9-17-31)43(54)50-26-15-23-39(50)42(53)49-38(41(47)52)22-14-27-51(45(56)57-6)40-36-20-12-10-18-34(36)35-19-11-13-21-37(35)40/h7-13,16-21,24-25,30,32-33,38-40H,14-15,22-23,26-29H2,1-6H3,(H2,47,52)(H,48,55)(H,49,53)/b25-24+/t32-,33-,38+,39+/m1/s1. The number of primary amides is 1. The van der Waals surface area contributed by atoms with Crippen molar-refractivity contribution in [2.45, 2.75) is 103 Å². The van der Waals surface area contributed by atoms with Crippen LogP contribution in [-0.2, 0) is 30.3 Å². The number of hydrogen-bond acceptors (Lipinski definition) is 7. The summed E-state index contributed by atoms with van der Waals surface area (Å²) in [6.45, 7) is 10.1. The molecule has 12 heteroatoms. The molecule has 5 amide bonds. The third kappa shape index (κ3) is 11.3. The minimum atomic E-state index is -1.02. The Labute approximate surface area is 342 Å². The van der Waals surface area contributed by atoms with E-state index in [0.29, 0.717) is 38.6 Å². The van der Waals surface area contributed by atoms with Crippen LogP contribution in [0, 0.1) is 11.8 Å². The van der Waals surface area contributed by atoms with E-state index in [1.54, 1.807) is 30.6 Å². The quantitative estimate of drug-likeness (QED) is 0.133. The lowest BCUT2D eigenvalue weighted by Crippen LogP contribution is -2.53. The molecule has 58 heavy (non-hydrogen) atoms. The Morgan fingerprint density at radius 2 is 1.52 bits per heavy atom. The third-order valence-electron chi connectivity index (χ3n) is 10.5. The van der Waals surface area contributed by atoms with Crippen LogP contribution in [0.5, 0.6) is 0 Å². The monoisotopic (exact) mass is 793 g/mol. The number of amides is 5. The highest BCUT2D eigenvalue weighted by atomic mass is 16.6. The SMILES string of the molecule is COC(=O)N(CCC[C@H](NC(=O)[C@@H]1CCCN1C(=O)[C@H](/C=C/[C@H](CC(C)C)NC(=O)OC(C)(C)C)Cc1ccccc1)C(N)=O)C1c2ccccc2-c2ccccc21. The zero-order valence-electron chi connectivity index (χ0n) is 34.6. The molecule has 2 aliphatic rings. The van der Waals surface area contributed by atoms with Gasteiger partial charge < -0.3 is 30.7 Å². The van der Waals surface area contributed by atoms with Crippen molar-refractivity contribution in [3.05, 3.63) is 108 Å². The second-order valence-electron chi connectivity index (χ2n) is 16.6. The summed E-state index contributed by atoms with van der Waals surface area (Å²) in [7, 11) is 1.34. The Balaban J connectivity index is 1.29. The van der Waals surface area contributed by atoms with Crippen molar-refractivity contribution in [2.24, 2.45) is 17.6 Å². The molecule has 1 heterocycles. The number of nitrogens with one attached hydrogen (secondary N) is 2. The lowest BCUT2D eigenvalue weighted by Gasteiger charge is -2.30. The predicted molar refractivity (Wildman–Crippen MR) is 223 cm³/mol. The van der Waals surface area contributed by atoms with Crippen molar-refractivity contribution >= 4 is 29.9 Å². The van der Waals surface area contributed by atoms with Crippen LogP contribution < -0.4 is 16.4 Å². The van der Waals surface area contributed by atoms with Gasteiger partial charge in [-0.15, -0.1) is 0 Å². The highest BCUT2D eigenvalue weighted by molar-refractivity contribution is 5.93. The zero-order valence-corrected chi connectivity index (χ0v) is 34.6. The average molecular weight is 794 g/mol. The molecule has 0 unspecified atom stereocenters. The van der Waals surface area contributed by atoms with E-state index in [-0.39, 0.29) is 36.9 Å². The van der Waals surface area contributed by atoms with E-state index < -0.39 is 47.6 Å². The number of ether oxygens (including phenoxy) is 2. The second-order valence-corrected chi connectivity index (χ2v) is 16.6. The third-order valence-corrected chi connectivity index (χ3v) is 10.5. The number of carbonyl (C=O) groups excluding carboxylic acids is 5. The van der Waals surface area contributed by atoms with Crippen molar-refractivity contribution < 1.29 is 33.4 Å². The predicted octanol–water partition coefficient (Wildman–Crippen LogP) is 6.92. The largest absolute Gasteiger partial charge is 0.453 e. The molecular formula is C46H59N5O7. The smallest absolute Gasteiger partial charge is 0.410 e. The van der Waals surface area contributed by atoms with Crippen LogP contribution in [0.25, 0.3) is 11.1 Å². The molecule has 3 aromatic carbocycles. The highest BCUT2D eigenvalue weighted by Gasteiger charge is 2.39. The van der Waals surface area contributed by atoms with E-state index in [2.05, 4.69) is 24.5 Å². The second kappa shape index (κ2) is 19.7. The normalized spacial score (nSPS) is 16.6. The van der Waals surface area contributed by atoms with Crippen LogP contribution in [0.2, 0.25) is 0 Å². The Bertz CT molecular complexity index is 1900. The minimum Gasteiger partial charge on any atom is -0.453 e. The van der Waals surface area contributed by atoms with Gasteiger partial charge in [-0.1, -0.05) is 105 Å². The number of hydrogen-bond donors (Lipinski definition) is 3. The van der Waals surface area contributed by atoms with Crippen molar-refractivity contribution in [1.82, 2.24) is 20.4 Å². The number of nitrogens with two attached hydrogens (primary N) is 1. The molecule has 0 radical (unpaired) electrons. The first-order valence-corrected chi connectivity index (χ1v) is 20.3. The Hall–Kier alpha value is -5.65. The molecule has 0 aromatic heterocycles. The average Bonchev–Trinajstić information content (AvgIpc) is 3.80. The molecule has 4 N–H and O–H groups in total. The first-order chi connectivity index (χ1) is 27.7. The fraction of sp³-hybridized carbons (Fsp3) is 0.457. The number of rotatable bonds is 16. The van der Waals surface area contributed by atoms with Crippen LogP contribution in [0.1, 0.15) is 89.5 Å². The van der Waals surface area contributed by atoms with E-state index >= 15 is 0 Å². The molecule has 1 saturated heterocycles. The van der Waals surface area contributed by atoms with Gasteiger partial charge in [0, 0.05) is 13.1 Å². The molecule has 310 valence electrons. The molecule has 1 fully saturated rings. The van der Waals surface area contributed by atoms with Crippen LogP contribution in [0.3, 0.4) is 0 Å². The van der Waals surface area contributed by atoms with Gasteiger partial charge in [0.1, 0.15) is 17.7 Å². The van der Waals surface area contributed by atoms with E-state index in [1.807, 2.05) is 91.0 Å². The number of likely N-dealkylation sites (tertiary alicyclic amines) is 1. The van der Waals surface area contributed by atoms with E-state index in [4.69, 9.17) is 15.2 Å². The van der Waals surface area contributed by atoms with Gasteiger partial charge in [-0.05, 0) is 93.0 Å². The summed E-state index contributed by atoms with van der Waals surface area (Å²) in [5.41, 5.74) is 10.2. The first-order valence-electron chi connectivity index (χ1n) is 20.3. The number of methoxy groups -OCH3 is 1. The number of nitrogens with zero attached hydrogens (tertiary/aromatic N) is 2. The molecule has 4 atom stereocenters. The van der Waals surface area contributed by atoms with Gasteiger partial charge in [0.2, 0.25) is 17.7 Å². The summed E-state index contributed by atoms with van der Waals surface area (Å²) in [5.74, 6) is -1.76. The molecule has 3 aromatic rings. The van der Waals surface area contributed by atoms with E-state index in [1.165, 1.54) is 7.11 Å². The number of benzene rings is 3. The number of fused-ring (bicyclic) bond motifs is 3. The zero-order chi connectivity index (χ0) is 42.0. The molecular weight excluding hydrogens is 735 g/mol. The van der Waals surface area contributed by atoms with Crippen LogP contribution in [0.4, 0.5) is 9.59 Å². The van der Waals surface area contributed by atoms with Gasteiger partial charge in [0.05, 0.1) is 25.1 Å². The maximum Gasteiger partial charge on any atom is 0.410 e. The van der Waals surface area contributed by atoms with Gasteiger partial charge in [-0.3, -0.25) is 19.3 Å². The van der Waals surface area contributed by atoms with Gasteiger partial charge >= 0.3 is 12.2 Å². The minimum absolute atomic E-state index is 0.173. The van der Waals surface area contributed by atoms with Crippen molar-refractivity contribution in [1.29, 1.82) is 0 Å². The van der Waals surface area contributed by atoms with Crippen molar-refractivity contribution in [3.8, 4) is 11.1 Å². The summed E-state index contributed by atoms with van der Waals surface area (Å²) >= 11 is 0. The lowest BCUT2D eigenvalue weighted by molar-refractivity contribution is -0.141. The van der Waals surface area contributed by atoms with E-state index in [0.717, 1.165) is 27.8 Å². The first kappa shape index (κ1) is 43.5. The molecule has 5 rings (SSSR count). The summed E-state index contributed by atoms with van der Waals surface area (Å²) < 4.78 is 10.7. The summed E-state index contributed by atoms with van der Waals surface area (Å²) in [6.07, 6.45) is 5.20. The Morgan fingerprint density at radius 1 is 0.897 bits per heavy atom. The number of carbonyl (C=O) groups is 5. The number of alkyl carbamates (subject to hydrolysis) is 1. The highest BCUT2D eigenvalue weighted by Crippen LogP contribution is 2.46. The van der Waals surface area contributed by atoms with Gasteiger partial charge in [-0.2, -0.15) is 0 Å². The molecule has 1 aliphatic carbocycles. The van der Waals surface area contributed by atoms with E-state index in [9.17, 15) is 24.0 Å². The fourth-order valence-electron chi connectivity index (χ4n) is 7.97. The van der Waals surface area contributed by atoms with Crippen LogP contribution >= 0.6 is 0 Å². The Morgan fingerprint density at radius 3 is 2.10 bits per heavy atom. The van der Waals surface area contributed by atoms with Gasteiger partial charge in [0.15, 0.2) is 0 Å². The molecule has 12 nitrogen and oxygen atoms in total. The maximum atomic E-state index is 14.4. The van der Waals surface area contributed by atoms with Gasteiger partial charge in [0.25, 0.3) is 0 Å². The maximum absolute atomic E-state index is 14.4. The summed E-state index contributed by atoms with van der Waals surface area (Å²) in [5, 5.41) is 5.78. The van der Waals surface area contributed by atoms with Crippen LogP contribution in [0.15, 0.2) is 91.0 Å². The molecule has 0 saturated carbocycles. The molecule has 1 aliphatic heterocycles. The summed E-state index contributed by atoms with van der Waals surface area (Å²) in [6, 6.07) is 22.9. The molecule has 0 bridgehead atoms.